The number of hydrogen-bond donors (Lipinski definition) is 3. The lowest BCUT2D eigenvalue weighted by molar-refractivity contribution is 0.103. The Balaban J connectivity index is 1.81. The smallest absolute Gasteiger partial charge is 0.261 e. The van der Waals surface area contributed by atoms with E-state index in [2.05, 4.69) is 9.97 Å². The number of nitrogens with zero attached hydrogens (tertiary/aromatic N) is 2. The van der Waals surface area contributed by atoms with Crippen molar-refractivity contribution in [3.8, 4) is 10.4 Å². The minimum Gasteiger partial charge on any atom is -0.345 e. The lowest BCUT2D eigenvalue weighted by atomic mass is 10.0. The number of carbonyl (C=O) groups is 1. The number of carbonyl (C=O) groups excluding carboxylic acids is 1. The highest BCUT2D eigenvalue weighted by molar-refractivity contribution is 7.91. The highest BCUT2D eigenvalue weighted by Gasteiger charge is 2.27. The van der Waals surface area contributed by atoms with E-state index in [1.165, 1.54) is 30.6 Å². The molecule has 1 unspecified atom stereocenters. The van der Waals surface area contributed by atoms with E-state index >= 15 is 4.39 Å². The topological polar surface area (TPSA) is 146 Å². The fourth-order valence-corrected chi connectivity index (χ4v) is 5.87. The highest BCUT2D eigenvalue weighted by Crippen LogP contribution is 2.33. The summed E-state index contributed by atoms with van der Waals surface area (Å²) in [7, 11) is -3.90. The molecule has 0 fully saturated rings. The molecule has 3 aromatic heterocycles. The van der Waals surface area contributed by atoms with Gasteiger partial charge in [0.2, 0.25) is 15.8 Å². The predicted molar refractivity (Wildman–Crippen MR) is 129 cm³/mol. The number of thiophene rings is 1. The number of benzene rings is 1. The minimum absolute atomic E-state index is 0.000973. The number of aromatic nitrogens is 2. The van der Waals surface area contributed by atoms with Gasteiger partial charge in [-0.2, -0.15) is 0 Å². The summed E-state index contributed by atoms with van der Waals surface area (Å²) in [5, 5.41) is 5.41. The van der Waals surface area contributed by atoms with Crippen LogP contribution in [-0.2, 0) is 21.3 Å². The second-order valence-electron chi connectivity index (χ2n) is 7.40. The summed E-state index contributed by atoms with van der Waals surface area (Å²) in [6, 6.07) is 6.27. The second-order valence-corrected chi connectivity index (χ2v) is 11.2. The van der Waals surface area contributed by atoms with Crippen LogP contribution in [-0.4, -0.2) is 39.5 Å². The third-order valence-electron chi connectivity index (χ3n) is 5.10. The van der Waals surface area contributed by atoms with Gasteiger partial charge in [-0.05, 0) is 36.8 Å². The second kappa shape index (κ2) is 9.54. The number of primary sulfonamides is 1. The number of anilines is 1. The van der Waals surface area contributed by atoms with Crippen LogP contribution in [0.15, 0.2) is 46.9 Å². The zero-order chi connectivity index (χ0) is 25.5. The Labute approximate surface area is 205 Å². The first-order valence-electron chi connectivity index (χ1n) is 10.0. The lowest BCUT2D eigenvalue weighted by Gasteiger charge is -2.20. The van der Waals surface area contributed by atoms with Gasteiger partial charge in [-0.25, -0.2) is 31.5 Å². The average molecular weight is 541 g/mol. The van der Waals surface area contributed by atoms with Crippen LogP contribution in [0.2, 0.25) is 0 Å². The molecule has 4 N–H and O–H groups in total. The van der Waals surface area contributed by atoms with Crippen molar-refractivity contribution in [2.45, 2.75) is 17.6 Å². The van der Waals surface area contributed by atoms with E-state index < -0.39 is 44.3 Å². The number of sulfonamides is 1. The lowest BCUT2D eigenvalue weighted by Crippen LogP contribution is -2.27. The van der Waals surface area contributed by atoms with Crippen LogP contribution in [0.25, 0.3) is 21.5 Å². The number of nitrogens with one attached hydrogen (secondary N) is 1. The average Bonchev–Trinajstić information content (AvgIpc) is 3.45. The van der Waals surface area contributed by atoms with E-state index in [1.807, 2.05) is 0 Å². The first-order valence-corrected chi connectivity index (χ1v) is 13.5. The van der Waals surface area contributed by atoms with Crippen LogP contribution in [0, 0.1) is 11.6 Å². The molecule has 3 heterocycles. The van der Waals surface area contributed by atoms with Gasteiger partial charge in [-0.1, -0.05) is 6.92 Å². The van der Waals surface area contributed by atoms with Crippen LogP contribution in [0.5, 0.6) is 0 Å². The van der Waals surface area contributed by atoms with E-state index in [0.29, 0.717) is 16.9 Å². The molecule has 0 saturated heterocycles. The van der Waals surface area contributed by atoms with Crippen molar-refractivity contribution < 1.29 is 30.8 Å². The molecule has 4 rings (SSSR count). The van der Waals surface area contributed by atoms with Crippen molar-refractivity contribution in [2.24, 2.45) is 5.14 Å². The molecule has 4 aromatic rings. The number of halogens is 2. The SMILES string of the molecule is CCCN(c1ccc(F)c(C(=O)c2c[nH]c3ncc(-c4ccc(S(N)(=O)=O)s4)cc23)c1F)S(=O)O. The Hall–Kier alpha value is -3.04. The van der Waals surface area contributed by atoms with Crippen molar-refractivity contribution in [2.75, 3.05) is 10.8 Å². The Morgan fingerprint density at radius 1 is 1.29 bits per heavy atom. The first kappa shape index (κ1) is 25.1. The zero-order valence-electron chi connectivity index (χ0n) is 18.0. The standard InChI is InChI=1S/C21H18F2N4O5S3/c1-2-7-27(34(29)30)15-4-3-14(22)18(19(15)23)20(28)13-10-26-21-12(13)8-11(9-25-21)16-5-6-17(33-16)35(24,31)32/h3-6,8-10H,2,7H2,1H3,(H,25,26)(H,29,30)(H2,24,31,32). The van der Waals surface area contributed by atoms with E-state index in [0.717, 1.165) is 27.8 Å². The third-order valence-corrected chi connectivity index (χ3v) is 8.43. The molecule has 0 amide bonds. The van der Waals surface area contributed by atoms with Crippen molar-refractivity contribution >= 4 is 55.1 Å². The number of hydrogen-bond acceptors (Lipinski definition) is 6. The number of H-pyrrole nitrogens is 1. The molecule has 0 aliphatic carbocycles. The maximum Gasteiger partial charge on any atom is 0.261 e. The van der Waals surface area contributed by atoms with Gasteiger partial charge in [-0.3, -0.25) is 13.7 Å². The number of ketones is 1. The van der Waals surface area contributed by atoms with Gasteiger partial charge in [-0.15, -0.1) is 11.3 Å². The van der Waals surface area contributed by atoms with Crippen molar-refractivity contribution in [3.63, 3.8) is 0 Å². The summed E-state index contributed by atoms with van der Waals surface area (Å²) in [4.78, 5) is 20.8. The molecule has 0 bridgehead atoms. The minimum atomic E-state index is -3.90. The monoisotopic (exact) mass is 540 g/mol. The first-order chi connectivity index (χ1) is 16.5. The Kier molecular flexibility index (Phi) is 6.83. The van der Waals surface area contributed by atoms with E-state index in [-0.39, 0.29) is 33.0 Å². The van der Waals surface area contributed by atoms with Crippen molar-refractivity contribution in [1.82, 2.24) is 9.97 Å². The molecular weight excluding hydrogens is 522 g/mol. The molecule has 1 aromatic carbocycles. The summed E-state index contributed by atoms with van der Waals surface area (Å²) < 4.78 is 75.1. The summed E-state index contributed by atoms with van der Waals surface area (Å²) >= 11 is -1.68. The fraction of sp³-hybridized carbons (Fsp3) is 0.143. The van der Waals surface area contributed by atoms with Crippen LogP contribution < -0.4 is 9.44 Å². The van der Waals surface area contributed by atoms with Gasteiger partial charge in [0.25, 0.3) is 11.3 Å². The fourth-order valence-electron chi connectivity index (χ4n) is 3.52. The van der Waals surface area contributed by atoms with Crippen LogP contribution >= 0.6 is 11.3 Å². The number of fused-ring (bicyclic) bond motifs is 1. The van der Waals surface area contributed by atoms with Gasteiger partial charge in [0.1, 0.15) is 15.7 Å². The molecule has 184 valence electrons. The van der Waals surface area contributed by atoms with Gasteiger partial charge >= 0.3 is 0 Å². The molecule has 35 heavy (non-hydrogen) atoms. The van der Waals surface area contributed by atoms with Gasteiger partial charge in [0.15, 0.2) is 5.82 Å². The van der Waals surface area contributed by atoms with E-state index in [1.54, 1.807) is 6.92 Å². The van der Waals surface area contributed by atoms with Gasteiger partial charge < -0.3 is 4.98 Å². The van der Waals surface area contributed by atoms with Gasteiger partial charge in [0, 0.05) is 40.3 Å². The Bertz CT molecular complexity index is 1580. The molecule has 14 heteroatoms. The summed E-state index contributed by atoms with van der Waals surface area (Å²) in [5.74, 6) is -3.39. The Morgan fingerprint density at radius 3 is 2.66 bits per heavy atom. The summed E-state index contributed by atoms with van der Waals surface area (Å²) in [6.45, 7) is 1.71. The normalized spacial score (nSPS) is 12.7. The molecule has 0 saturated carbocycles. The summed E-state index contributed by atoms with van der Waals surface area (Å²) in [5.41, 5.74) is -0.621. The number of rotatable bonds is 8. The molecule has 0 radical (unpaired) electrons. The van der Waals surface area contributed by atoms with E-state index in [4.69, 9.17) is 5.14 Å². The number of aromatic amines is 1. The zero-order valence-corrected chi connectivity index (χ0v) is 20.4. The largest absolute Gasteiger partial charge is 0.345 e. The molecule has 1 atom stereocenters. The van der Waals surface area contributed by atoms with Crippen molar-refractivity contribution in [1.29, 1.82) is 0 Å². The molecule has 0 aliphatic heterocycles. The maximum absolute atomic E-state index is 15.3. The molecular formula is C21H18F2N4O5S3. The van der Waals surface area contributed by atoms with Crippen molar-refractivity contribution in [3.05, 3.63) is 65.5 Å². The quantitative estimate of drug-likeness (QED) is 0.229. The predicted octanol–water partition coefficient (Wildman–Crippen LogP) is 3.80. The highest BCUT2D eigenvalue weighted by atomic mass is 32.2. The van der Waals surface area contributed by atoms with Gasteiger partial charge in [0.05, 0.1) is 11.3 Å². The Morgan fingerprint density at radius 2 is 2.03 bits per heavy atom. The molecule has 9 nitrogen and oxygen atoms in total. The molecule has 0 aliphatic rings. The van der Waals surface area contributed by atoms with Crippen LogP contribution in [0.1, 0.15) is 29.3 Å². The number of pyridine rings is 1. The summed E-state index contributed by atoms with van der Waals surface area (Å²) in [6.07, 6.45) is 3.11. The third kappa shape index (κ3) is 4.75. The maximum atomic E-state index is 15.3. The number of nitrogens with two attached hydrogens (primary N) is 1. The molecule has 0 spiro atoms. The van der Waals surface area contributed by atoms with Crippen LogP contribution in [0.4, 0.5) is 14.5 Å². The van der Waals surface area contributed by atoms with Crippen LogP contribution in [0.3, 0.4) is 0 Å². The van der Waals surface area contributed by atoms with E-state index in [9.17, 15) is 26.4 Å².